The zero-order chi connectivity index (χ0) is 16.1. The van der Waals surface area contributed by atoms with Crippen molar-refractivity contribution in [2.45, 2.75) is 64.4 Å². The van der Waals surface area contributed by atoms with Crippen molar-refractivity contribution in [2.75, 3.05) is 19.7 Å². The number of alkyl halides is 3. The molecule has 0 aromatic rings. The monoisotopic (exact) mass is 308 g/mol. The van der Waals surface area contributed by atoms with Crippen molar-refractivity contribution >= 4 is 0 Å². The summed E-state index contributed by atoms with van der Waals surface area (Å²) < 4.78 is 44.2. The second-order valence-corrected chi connectivity index (χ2v) is 7.42. The molecule has 1 heterocycles. The lowest BCUT2D eigenvalue weighted by atomic mass is 9.46. The molecule has 3 nitrogen and oxygen atoms in total. The van der Waals surface area contributed by atoms with E-state index in [1.807, 2.05) is 13.8 Å². The molecule has 1 saturated carbocycles. The van der Waals surface area contributed by atoms with Crippen LogP contribution in [0, 0.1) is 11.3 Å². The van der Waals surface area contributed by atoms with Gasteiger partial charge in [0.2, 0.25) is 0 Å². The number of halogens is 3. The summed E-state index contributed by atoms with van der Waals surface area (Å²) in [6, 6.07) is -0.189. The first-order valence-electron chi connectivity index (χ1n) is 7.70. The summed E-state index contributed by atoms with van der Waals surface area (Å²) in [4.78, 5) is 1.45. The van der Waals surface area contributed by atoms with Crippen LogP contribution in [0.1, 0.15) is 40.5 Å². The molecule has 0 spiro atoms. The summed E-state index contributed by atoms with van der Waals surface area (Å²) in [5.41, 5.74) is 5.69. The number of fused-ring (bicyclic) bond motifs is 1. The highest BCUT2D eigenvalue weighted by molar-refractivity contribution is 5.21. The average Bonchev–Trinajstić information content (AvgIpc) is 2.36. The zero-order valence-corrected chi connectivity index (χ0v) is 13.3. The fourth-order valence-electron chi connectivity index (χ4n) is 3.97. The van der Waals surface area contributed by atoms with Crippen molar-refractivity contribution in [3.05, 3.63) is 0 Å². The smallest absolute Gasteiger partial charge is 0.377 e. The lowest BCUT2D eigenvalue weighted by Gasteiger charge is -2.67. The Bertz CT molecular complexity index is 384. The Labute approximate surface area is 125 Å². The number of rotatable bonds is 4. The van der Waals surface area contributed by atoms with E-state index in [4.69, 9.17) is 10.5 Å². The van der Waals surface area contributed by atoms with Gasteiger partial charge in [-0.1, -0.05) is 13.8 Å². The van der Waals surface area contributed by atoms with E-state index in [-0.39, 0.29) is 30.0 Å². The van der Waals surface area contributed by atoms with E-state index in [0.29, 0.717) is 0 Å². The predicted molar refractivity (Wildman–Crippen MR) is 75.9 cm³/mol. The summed E-state index contributed by atoms with van der Waals surface area (Å²) in [6.45, 7) is 7.71. The van der Waals surface area contributed by atoms with Gasteiger partial charge < -0.3 is 10.5 Å². The minimum atomic E-state index is -4.20. The van der Waals surface area contributed by atoms with E-state index < -0.39 is 18.3 Å². The molecule has 124 valence electrons. The van der Waals surface area contributed by atoms with Gasteiger partial charge in [-0.2, -0.15) is 13.2 Å². The molecule has 0 aromatic carbocycles. The van der Waals surface area contributed by atoms with Gasteiger partial charge in [-0.05, 0) is 26.7 Å². The lowest BCUT2D eigenvalue weighted by Crippen LogP contribution is -2.80. The fraction of sp³-hybridized carbons (Fsp3) is 1.00. The first-order valence-corrected chi connectivity index (χ1v) is 7.70. The standard InChI is InChI=1S/C15H27F3N2O/c1-10(2)20(9-15(16,17)18)8-14(19)11-6-5-7-21-12(11)13(14,3)4/h10-12H,5-9,19H2,1-4H3. The normalized spacial score (nSPS) is 35.7. The number of nitrogens with two attached hydrogens (primary N) is 1. The molecule has 0 amide bonds. The third kappa shape index (κ3) is 2.94. The summed E-state index contributed by atoms with van der Waals surface area (Å²) in [5.74, 6) is 0.163. The number of hydrogen-bond donors (Lipinski definition) is 1. The molecule has 0 bridgehead atoms. The Kier molecular flexibility index (Phi) is 4.37. The molecule has 6 heteroatoms. The van der Waals surface area contributed by atoms with Gasteiger partial charge in [0.15, 0.2) is 0 Å². The van der Waals surface area contributed by atoms with Crippen LogP contribution in [-0.4, -0.2) is 48.5 Å². The van der Waals surface area contributed by atoms with Gasteiger partial charge >= 0.3 is 6.18 Å². The van der Waals surface area contributed by atoms with Crippen LogP contribution in [0.25, 0.3) is 0 Å². The molecule has 3 atom stereocenters. The van der Waals surface area contributed by atoms with Crippen LogP contribution in [0.2, 0.25) is 0 Å². The quantitative estimate of drug-likeness (QED) is 0.868. The topological polar surface area (TPSA) is 38.5 Å². The van der Waals surface area contributed by atoms with Crippen molar-refractivity contribution in [3.8, 4) is 0 Å². The van der Waals surface area contributed by atoms with Gasteiger partial charge in [0.25, 0.3) is 0 Å². The van der Waals surface area contributed by atoms with Crippen LogP contribution in [0.5, 0.6) is 0 Å². The molecule has 2 rings (SSSR count). The molecule has 0 aromatic heterocycles. The van der Waals surface area contributed by atoms with Gasteiger partial charge in [-0.15, -0.1) is 0 Å². The highest BCUT2D eigenvalue weighted by atomic mass is 19.4. The van der Waals surface area contributed by atoms with E-state index in [1.54, 1.807) is 13.8 Å². The molecular formula is C15H27F3N2O. The van der Waals surface area contributed by atoms with Gasteiger partial charge in [0.1, 0.15) is 0 Å². The Morgan fingerprint density at radius 2 is 1.95 bits per heavy atom. The molecule has 3 unspecified atom stereocenters. The maximum absolute atomic E-state index is 12.8. The molecule has 1 aliphatic heterocycles. The van der Waals surface area contributed by atoms with Crippen molar-refractivity contribution in [1.82, 2.24) is 4.90 Å². The van der Waals surface area contributed by atoms with Gasteiger partial charge in [-0.3, -0.25) is 4.90 Å². The Balaban J connectivity index is 2.15. The molecule has 1 aliphatic carbocycles. The molecule has 2 aliphatic rings. The predicted octanol–water partition coefficient (Wildman–Crippen LogP) is 2.79. The largest absolute Gasteiger partial charge is 0.401 e. The van der Waals surface area contributed by atoms with E-state index in [9.17, 15) is 13.2 Å². The first kappa shape index (κ1) is 17.0. The number of ether oxygens (including phenoxy) is 1. The second kappa shape index (κ2) is 5.39. The zero-order valence-electron chi connectivity index (χ0n) is 13.3. The van der Waals surface area contributed by atoms with Crippen LogP contribution < -0.4 is 5.73 Å². The van der Waals surface area contributed by atoms with Crippen LogP contribution in [0.4, 0.5) is 13.2 Å². The molecule has 0 radical (unpaired) electrons. The van der Waals surface area contributed by atoms with E-state index in [0.717, 1.165) is 19.4 Å². The summed E-state index contributed by atoms with van der Waals surface area (Å²) >= 11 is 0. The third-order valence-electron chi connectivity index (χ3n) is 5.47. The third-order valence-corrected chi connectivity index (χ3v) is 5.47. The van der Waals surface area contributed by atoms with Crippen molar-refractivity contribution in [3.63, 3.8) is 0 Å². The van der Waals surface area contributed by atoms with Gasteiger partial charge in [0, 0.05) is 36.1 Å². The van der Waals surface area contributed by atoms with Crippen molar-refractivity contribution in [2.24, 2.45) is 17.1 Å². The Morgan fingerprint density at radius 3 is 2.48 bits per heavy atom. The summed E-state index contributed by atoms with van der Waals surface area (Å²) in [6.07, 6.45) is -2.23. The second-order valence-electron chi connectivity index (χ2n) is 7.42. The van der Waals surface area contributed by atoms with Crippen LogP contribution in [0.15, 0.2) is 0 Å². The minimum Gasteiger partial charge on any atom is -0.377 e. The van der Waals surface area contributed by atoms with E-state index in [1.165, 1.54) is 4.90 Å². The lowest BCUT2D eigenvalue weighted by molar-refractivity contribution is -0.238. The highest BCUT2D eigenvalue weighted by Gasteiger charge is 2.66. The maximum Gasteiger partial charge on any atom is 0.401 e. The highest BCUT2D eigenvalue weighted by Crippen LogP contribution is 2.57. The number of hydrogen-bond acceptors (Lipinski definition) is 3. The first-order chi connectivity index (χ1) is 9.49. The average molecular weight is 308 g/mol. The SMILES string of the molecule is CC(C)N(CC(F)(F)F)CC1(N)C2CCCOC2C1(C)C. The van der Waals surface area contributed by atoms with Gasteiger partial charge in [-0.25, -0.2) is 0 Å². The summed E-state index contributed by atoms with van der Waals surface area (Å²) in [5, 5.41) is 0. The molecule has 1 saturated heterocycles. The van der Waals surface area contributed by atoms with Crippen LogP contribution >= 0.6 is 0 Å². The Hall–Kier alpha value is -0.330. The van der Waals surface area contributed by atoms with Crippen molar-refractivity contribution < 1.29 is 17.9 Å². The summed E-state index contributed by atoms with van der Waals surface area (Å²) in [7, 11) is 0. The molecule has 2 N–H and O–H groups in total. The molecule has 21 heavy (non-hydrogen) atoms. The minimum absolute atomic E-state index is 0.0798. The maximum atomic E-state index is 12.8. The molecular weight excluding hydrogens is 281 g/mol. The van der Waals surface area contributed by atoms with Crippen LogP contribution in [0.3, 0.4) is 0 Å². The van der Waals surface area contributed by atoms with E-state index in [2.05, 4.69) is 0 Å². The van der Waals surface area contributed by atoms with Gasteiger partial charge in [0.05, 0.1) is 12.6 Å². The molecule has 2 fully saturated rings. The van der Waals surface area contributed by atoms with Crippen molar-refractivity contribution in [1.29, 1.82) is 0 Å². The fourth-order valence-corrected chi connectivity index (χ4v) is 3.97. The van der Waals surface area contributed by atoms with Crippen LogP contribution in [-0.2, 0) is 4.74 Å². The van der Waals surface area contributed by atoms with E-state index >= 15 is 0 Å². The Morgan fingerprint density at radius 1 is 1.33 bits per heavy atom. The number of nitrogens with zero attached hydrogens (tertiary/aromatic N) is 1.